The molecule has 140 valence electrons. The second-order valence-electron chi connectivity index (χ2n) is 7.38. The number of carboxylic acids is 2. The summed E-state index contributed by atoms with van der Waals surface area (Å²) in [6, 6.07) is -0.405. The standard InChI is InChI=1S/C15H24N4O5S/c1-7-11-10(13(20)21)8(2)24-15(17-11,14(22)23)12(7)25-9-3-18-5-16-6-19(18)4-9/h7-12,16-17H,3-6H2,1-2H3,(H,20,21)(H,22,23)/t7-,8-,10-,11-,12+,15+/m1/s1. The molecule has 10 heteroatoms. The van der Waals surface area contributed by atoms with E-state index >= 15 is 0 Å². The largest absolute Gasteiger partial charge is 0.481 e. The number of hydrogen-bond donors (Lipinski definition) is 4. The van der Waals surface area contributed by atoms with Crippen molar-refractivity contribution in [1.82, 2.24) is 20.7 Å². The highest BCUT2D eigenvalue weighted by Gasteiger charge is 2.66. The fraction of sp³-hybridized carbons (Fsp3) is 0.867. The minimum atomic E-state index is -1.51. The van der Waals surface area contributed by atoms with Crippen molar-refractivity contribution >= 4 is 23.7 Å². The van der Waals surface area contributed by atoms with Gasteiger partial charge < -0.3 is 14.9 Å². The number of carbonyl (C=O) groups is 2. The molecule has 0 radical (unpaired) electrons. The topological polar surface area (TPSA) is 114 Å². The molecule has 0 amide bonds. The van der Waals surface area contributed by atoms with E-state index in [0.29, 0.717) is 0 Å². The van der Waals surface area contributed by atoms with Crippen LogP contribution in [0.25, 0.3) is 0 Å². The number of aliphatic carboxylic acids is 2. The molecule has 0 aromatic rings. The zero-order valence-electron chi connectivity index (χ0n) is 14.2. The van der Waals surface area contributed by atoms with E-state index in [1.54, 1.807) is 18.7 Å². The van der Waals surface area contributed by atoms with E-state index in [0.717, 1.165) is 26.4 Å². The Hall–Kier alpha value is -0.910. The second kappa shape index (κ2) is 6.07. The highest BCUT2D eigenvalue weighted by molar-refractivity contribution is 8.00. The van der Waals surface area contributed by atoms with Gasteiger partial charge in [0.1, 0.15) is 0 Å². The normalized spacial score (nSPS) is 45.0. The fourth-order valence-electron chi connectivity index (χ4n) is 4.69. The summed E-state index contributed by atoms with van der Waals surface area (Å²) < 4.78 is 5.84. The molecule has 4 heterocycles. The quantitative estimate of drug-likeness (QED) is 0.491. The number of carboxylic acid groups (broad SMARTS) is 2. The average molecular weight is 372 g/mol. The summed E-state index contributed by atoms with van der Waals surface area (Å²) in [5.74, 6) is -2.86. The van der Waals surface area contributed by atoms with Gasteiger partial charge in [-0.15, -0.1) is 11.8 Å². The molecule has 2 bridgehead atoms. The number of hydrazine groups is 1. The molecule has 0 aromatic carbocycles. The molecule has 0 spiro atoms. The van der Waals surface area contributed by atoms with Crippen LogP contribution in [0.1, 0.15) is 13.8 Å². The van der Waals surface area contributed by atoms with E-state index in [2.05, 4.69) is 20.7 Å². The van der Waals surface area contributed by atoms with Crippen molar-refractivity contribution in [2.24, 2.45) is 11.8 Å². The number of thioether (sulfide) groups is 1. The number of hydrogen-bond acceptors (Lipinski definition) is 8. The first kappa shape index (κ1) is 17.5. The molecule has 0 aromatic heterocycles. The SMILES string of the molecule is C[C@@H]1[C@H]2N[C@](C(=O)O)(O[C@H](C)[C@H]2C(=O)O)[C@H]1SC1CN2CNCN2C1. The third-order valence-corrected chi connectivity index (χ3v) is 7.59. The first-order valence-corrected chi connectivity index (χ1v) is 9.55. The van der Waals surface area contributed by atoms with Gasteiger partial charge in [-0.05, 0) is 12.8 Å². The average Bonchev–Trinajstić information content (AvgIpc) is 3.16. The molecule has 9 nitrogen and oxygen atoms in total. The van der Waals surface area contributed by atoms with Gasteiger partial charge in [-0.3, -0.25) is 15.4 Å². The lowest BCUT2D eigenvalue weighted by Gasteiger charge is -2.40. The Bertz CT molecular complexity index is 578. The zero-order chi connectivity index (χ0) is 17.9. The Balaban J connectivity index is 1.58. The minimum absolute atomic E-state index is 0.115. The van der Waals surface area contributed by atoms with E-state index in [-0.39, 0.29) is 16.4 Å². The van der Waals surface area contributed by atoms with E-state index < -0.39 is 35.7 Å². The maximum Gasteiger partial charge on any atom is 0.352 e. The molecule has 4 saturated heterocycles. The highest BCUT2D eigenvalue weighted by Crippen LogP contribution is 2.48. The van der Waals surface area contributed by atoms with Crippen LogP contribution in [-0.2, 0) is 14.3 Å². The molecule has 4 aliphatic rings. The van der Waals surface area contributed by atoms with Gasteiger partial charge in [-0.2, -0.15) is 0 Å². The zero-order valence-corrected chi connectivity index (χ0v) is 15.0. The summed E-state index contributed by atoms with van der Waals surface area (Å²) in [5, 5.41) is 30.2. The third kappa shape index (κ3) is 2.58. The van der Waals surface area contributed by atoms with Crippen molar-refractivity contribution in [3.05, 3.63) is 0 Å². The summed E-state index contributed by atoms with van der Waals surface area (Å²) in [6.45, 7) is 6.95. The lowest BCUT2D eigenvalue weighted by atomic mass is 9.87. The molecule has 0 saturated carbocycles. The second-order valence-corrected chi connectivity index (χ2v) is 8.83. The lowest BCUT2D eigenvalue weighted by Crippen LogP contribution is -2.65. The number of ether oxygens (including phenoxy) is 1. The van der Waals surface area contributed by atoms with Crippen molar-refractivity contribution in [2.45, 2.75) is 42.2 Å². The van der Waals surface area contributed by atoms with Crippen molar-refractivity contribution in [3.8, 4) is 0 Å². The van der Waals surface area contributed by atoms with Crippen molar-refractivity contribution in [2.75, 3.05) is 26.4 Å². The Morgan fingerprint density at radius 2 is 1.84 bits per heavy atom. The van der Waals surface area contributed by atoms with Crippen LogP contribution in [0, 0.1) is 11.8 Å². The fourth-order valence-corrected chi connectivity index (χ4v) is 6.46. The minimum Gasteiger partial charge on any atom is -0.481 e. The molecular weight excluding hydrogens is 348 g/mol. The molecule has 0 aliphatic carbocycles. The van der Waals surface area contributed by atoms with E-state index in [1.165, 1.54) is 0 Å². The molecular formula is C15H24N4O5S. The van der Waals surface area contributed by atoms with Gasteiger partial charge in [-0.25, -0.2) is 14.8 Å². The maximum absolute atomic E-state index is 12.1. The molecule has 25 heavy (non-hydrogen) atoms. The van der Waals surface area contributed by atoms with Gasteiger partial charge >= 0.3 is 11.9 Å². The predicted molar refractivity (Wildman–Crippen MR) is 89.6 cm³/mol. The lowest BCUT2D eigenvalue weighted by molar-refractivity contribution is -0.195. The number of fused-ring (bicyclic) bond motifs is 3. The monoisotopic (exact) mass is 372 g/mol. The molecule has 4 fully saturated rings. The van der Waals surface area contributed by atoms with E-state index in [1.807, 2.05) is 6.92 Å². The first-order valence-electron chi connectivity index (χ1n) is 8.61. The smallest absolute Gasteiger partial charge is 0.352 e. The predicted octanol–water partition coefficient (Wildman–Crippen LogP) is -0.984. The summed E-state index contributed by atoms with van der Waals surface area (Å²) in [6.07, 6.45) is -0.646. The summed E-state index contributed by atoms with van der Waals surface area (Å²) in [5.41, 5.74) is -1.51. The molecule has 4 rings (SSSR count). The van der Waals surface area contributed by atoms with Crippen molar-refractivity contribution in [1.29, 1.82) is 0 Å². The highest BCUT2D eigenvalue weighted by atomic mass is 32.2. The van der Waals surface area contributed by atoms with Gasteiger partial charge in [0.15, 0.2) is 0 Å². The number of nitrogens with zero attached hydrogens (tertiary/aromatic N) is 2. The van der Waals surface area contributed by atoms with E-state index in [4.69, 9.17) is 4.74 Å². The summed E-state index contributed by atoms with van der Waals surface area (Å²) in [4.78, 5) is 23.8. The number of nitrogens with one attached hydrogen (secondary N) is 2. The van der Waals surface area contributed by atoms with Crippen LogP contribution in [-0.4, -0.2) is 87.0 Å². The van der Waals surface area contributed by atoms with Gasteiger partial charge in [0.05, 0.1) is 30.6 Å². The van der Waals surface area contributed by atoms with Crippen molar-refractivity contribution < 1.29 is 24.5 Å². The van der Waals surface area contributed by atoms with Crippen LogP contribution in [0.4, 0.5) is 0 Å². The molecule has 6 atom stereocenters. The van der Waals surface area contributed by atoms with Crippen LogP contribution in [0.3, 0.4) is 0 Å². The Labute approximate surface area is 150 Å². The van der Waals surface area contributed by atoms with Crippen LogP contribution in [0.5, 0.6) is 0 Å². The summed E-state index contributed by atoms with van der Waals surface area (Å²) in [7, 11) is 0. The van der Waals surface area contributed by atoms with Gasteiger partial charge in [0.2, 0.25) is 5.72 Å². The third-order valence-electron chi connectivity index (χ3n) is 5.85. The van der Waals surface area contributed by atoms with Crippen LogP contribution in [0.15, 0.2) is 0 Å². The van der Waals surface area contributed by atoms with Crippen LogP contribution in [0.2, 0.25) is 0 Å². The Kier molecular flexibility index (Phi) is 4.25. The maximum atomic E-state index is 12.1. The molecule has 0 unspecified atom stereocenters. The van der Waals surface area contributed by atoms with Crippen LogP contribution < -0.4 is 10.6 Å². The molecule has 4 N–H and O–H groups in total. The van der Waals surface area contributed by atoms with Gasteiger partial charge in [-0.1, -0.05) is 6.92 Å². The Morgan fingerprint density at radius 3 is 2.40 bits per heavy atom. The summed E-state index contributed by atoms with van der Waals surface area (Å²) >= 11 is 1.63. The van der Waals surface area contributed by atoms with Crippen molar-refractivity contribution in [3.63, 3.8) is 0 Å². The number of rotatable bonds is 4. The van der Waals surface area contributed by atoms with E-state index in [9.17, 15) is 19.8 Å². The van der Waals surface area contributed by atoms with Crippen LogP contribution >= 0.6 is 11.8 Å². The van der Waals surface area contributed by atoms with Gasteiger partial charge in [0, 0.05) is 24.4 Å². The molecule has 4 aliphatic heterocycles. The first-order chi connectivity index (χ1) is 11.8. The van der Waals surface area contributed by atoms with Gasteiger partial charge in [0.25, 0.3) is 0 Å². The Morgan fingerprint density at radius 1 is 1.20 bits per heavy atom.